The number of ether oxygens (including phenoxy) is 1. The minimum atomic E-state index is 0.645. The number of hydrogen-bond donors (Lipinski definition) is 1. The van der Waals surface area contributed by atoms with Crippen LogP contribution < -0.4 is 5.32 Å². The fourth-order valence-electron chi connectivity index (χ4n) is 2.06. The Labute approximate surface area is 104 Å². The molecule has 1 heterocycles. The molecular weight excluding hydrogens is 212 g/mol. The van der Waals surface area contributed by atoms with E-state index in [0.717, 1.165) is 24.8 Å². The summed E-state index contributed by atoms with van der Waals surface area (Å²) in [5.74, 6) is 0.931. The van der Waals surface area contributed by atoms with Crippen molar-refractivity contribution >= 4 is 0 Å². The van der Waals surface area contributed by atoms with Crippen LogP contribution >= 0.6 is 0 Å². The second kappa shape index (κ2) is 6.72. The number of pyridine rings is 1. The highest BCUT2D eigenvalue weighted by Gasteiger charge is 2.16. The summed E-state index contributed by atoms with van der Waals surface area (Å²) in [5, 5.41) is 3.11. The fraction of sp³-hybridized carbons (Fsp3) is 0.643. The highest BCUT2D eigenvalue weighted by Crippen LogP contribution is 2.29. The van der Waals surface area contributed by atoms with Gasteiger partial charge in [-0.2, -0.15) is 0 Å². The lowest BCUT2D eigenvalue weighted by Crippen LogP contribution is -2.13. The van der Waals surface area contributed by atoms with Crippen LogP contribution in [0.4, 0.5) is 0 Å². The van der Waals surface area contributed by atoms with E-state index in [1.165, 1.54) is 31.2 Å². The predicted molar refractivity (Wildman–Crippen MR) is 68.6 cm³/mol. The molecule has 1 aromatic heterocycles. The maximum Gasteiger partial charge on any atom is 0.0887 e. The van der Waals surface area contributed by atoms with Crippen LogP contribution in [-0.2, 0) is 17.9 Å². The van der Waals surface area contributed by atoms with Gasteiger partial charge in [0.15, 0.2) is 0 Å². The molecule has 1 aliphatic rings. The average Bonchev–Trinajstić information content (AvgIpc) is 2.29. The second-order valence-electron chi connectivity index (χ2n) is 4.83. The Balaban J connectivity index is 1.63. The first-order chi connectivity index (χ1) is 8.38. The highest BCUT2D eigenvalue weighted by atomic mass is 16.5. The molecule has 1 fully saturated rings. The van der Waals surface area contributed by atoms with Gasteiger partial charge in [0.25, 0.3) is 0 Å². The molecule has 1 saturated carbocycles. The third-order valence-electron chi connectivity index (χ3n) is 3.41. The molecule has 1 aromatic rings. The molecule has 1 aliphatic carbocycles. The van der Waals surface area contributed by atoms with Crippen LogP contribution in [0.5, 0.6) is 0 Å². The molecule has 2 rings (SSSR count). The van der Waals surface area contributed by atoms with E-state index in [4.69, 9.17) is 4.74 Å². The maximum atomic E-state index is 5.65. The summed E-state index contributed by atoms with van der Waals surface area (Å²) in [5.41, 5.74) is 2.24. The summed E-state index contributed by atoms with van der Waals surface area (Å²) < 4.78 is 5.65. The van der Waals surface area contributed by atoms with E-state index in [2.05, 4.69) is 22.4 Å². The Morgan fingerprint density at radius 1 is 1.41 bits per heavy atom. The maximum absolute atomic E-state index is 5.65. The minimum Gasteiger partial charge on any atom is -0.375 e. The summed E-state index contributed by atoms with van der Waals surface area (Å²) in [4.78, 5) is 4.38. The molecule has 0 aromatic carbocycles. The Morgan fingerprint density at radius 3 is 2.88 bits per heavy atom. The van der Waals surface area contributed by atoms with E-state index in [-0.39, 0.29) is 0 Å². The first kappa shape index (κ1) is 12.5. The summed E-state index contributed by atoms with van der Waals surface area (Å²) in [7, 11) is 1.94. The van der Waals surface area contributed by atoms with Gasteiger partial charge in [-0.25, -0.2) is 0 Å². The average molecular weight is 234 g/mol. The van der Waals surface area contributed by atoms with Crippen molar-refractivity contribution in [2.24, 2.45) is 5.92 Å². The van der Waals surface area contributed by atoms with Gasteiger partial charge < -0.3 is 10.1 Å². The van der Waals surface area contributed by atoms with Gasteiger partial charge in [0.05, 0.1) is 12.3 Å². The van der Waals surface area contributed by atoms with Gasteiger partial charge in [-0.1, -0.05) is 25.3 Å². The van der Waals surface area contributed by atoms with Gasteiger partial charge in [-0.3, -0.25) is 4.98 Å². The molecule has 0 aliphatic heterocycles. The monoisotopic (exact) mass is 234 g/mol. The lowest BCUT2D eigenvalue weighted by molar-refractivity contribution is 0.0929. The Hall–Kier alpha value is -0.930. The van der Waals surface area contributed by atoms with Crippen molar-refractivity contribution in [3.8, 4) is 0 Å². The van der Waals surface area contributed by atoms with E-state index in [1.54, 1.807) is 0 Å². The number of nitrogens with one attached hydrogen (secondary N) is 1. The van der Waals surface area contributed by atoms with Crippen molar-refractivity contribution in [2.45, 2.75) is 38.8 Å². The minimum absolute atomic E-state index is 0.645. The quantitative estimate of drug-likeness (QED) is 0.736. The number of aromatic nitrogens is 1. The normalized spacial score (nSPS) is 15.8. The largest absolute Gasteiger partial charge is 0.375 e. The van der Waals surface area contributed by atoms with Crippen LogP contribution in [0.1, 0.15) is 36.9 Å². The van der Waals surface area contributed by atoms with Gasteiger partial charge >= 0.3 is 0 Å². The van der Waals surface area contributed by atoms with E-state index < -0.39 is 0 Å². The smallest absolute Gasteiger partial charge is 0.0887 e. The summed E-state index contributed by atoms with van der Waals surface area (Å²) in [6.07, 6.45) is 7.36. The van der Waals surface area contributed by atoms with Crippen molar-refractivity contribution in [3.05, 3.63) is 29.6 Å². The molecule has 17 heavy (non-hydrogen) atoms. The zero-order valence-electron chi connectivity index (χ0n) is 10.6. The lowest BCUT2D eigenvalue weighted by atomic mass is 9.83. The summed E-state index contributed by atoms with van der Waals surface area (Å²) in [6, 6.07) is 4.16. The molecule has 3 nitrogen and oxygen atoms in total. The number of rotatable bonds is 7. The van der Waals surface area contributed by atoms with Crippen LogP contribution in [0.15, 0.2) is 18.3 Å². The van der Waals surface area contributed by atoms with Crippen molar-refractivity contribution in [2.75, 3.05) is 13.7 Å². The van der Waals surface area contributed by atoms with E-state index >= 15 is 0 Å². The summed E-state index contributed by atoms with van der Waals surface area (Å²) in [6.45, 7) is 2.40. The molecule has 0 bridgehead atoms. The molecule has 1 N–H and O–H groups in total. The van der Waals surface area contributed by atoms with E-state index in [0.29, 0.717) is 6.61 Å². The van der Waals surface area contributed by atoms with E-state index in [1.807, 2.05) is 13.2 Å². The Kier molecular flexibility index (Phi) is 4.95. The molecule has 0 saturated heterocycles. The molecular formula is C14H22N2O. The lowest BCUT2D eigenvalue weighted by Gasteiger charge is -2.24. The van der Waals surface area contributed by atoms with Crippen molar-refractivity contribution in [1.82, 2.24) is 10.3 Å². The third-order valence-corrected chi connectivity index (χ3v) is 3.41. The topological polar surface area (TPSA) is 34.1 Å². The second-order valence-corrected chi connectivity index (χ2v) is 4.83. The van der Waals surface area contributed by atoms with Crippen LogP contribution in [0, 0.1) is 5.92 Å². The molecule has 0 amide bonds. The highest BCUT2D eigenvalue weighted by molar-refractivity contribution is 5.13. The SMILES string of the molecule is CNCc1ccc(COCCC2CCC2)nc1. The molecule has 3 heteroatoms. The zero-order valence-corrected chi connectivity index (χ0v) is 10.6. The molecule has 94 valence electrons. The molecule has 0 atom stereocenters. The van der Waals surface area contributed by atoms with Crippen LogP contribution in [0.3, 0.4) is 0 Å². The number of hydrogen-bond acceptors (Lipinski definition) is 3. The van der Waals surface area contributed by atoms with Crippen LogP contribution in [-0.4, -0.2) is 18.6 Å². The fourth-order valence-corrected chi connectivity index (χ4v) is 2.06. The zero-order chi connectivity index (χ0) is 11.9. The van der Waals surface area contributed by atoms with Gasteiger partial charge in [0, 0.05) is 19.3 Å². The molecule has 0 radical (unpaired) electrons. The predicted octanol–water partition coefficient (Wildman–Crippen LogP) is 2.51. The standard InChI is InChI=1S/C14H22N2O/c1-15-9-13-5-6-14(16-10-13)11-17-8-7-12-3-2-4-12/h5-6,10,12,15H,2-4,7-9,11H2,1H3. The van der Waals surface area contributed by atoms with Crippen LogP contribution in [0.2, 0.25) is 0 Å². The first-order valence-electron chi connectivity index (χ1n) is 6.54. The van der Waals surface area contributed by atoms with Crippen molar-refractivity contribution in [1.29, 1.82) is 0 Å². The Morgan fingerprint density at radius 2 is 2.29 bits per heavy atom. The first-order valence-corrected chi connectivity index (χ1v) is 6.54. The molecule has 0 unspecified atom stereocenters. The van der Waals surface area contributed by atoms with Crippen molar-refractivity contribution in [3.63, 3.8) is 0 Å². The van der Waals surface area contributed by atoms with E-state index in [9.17, 15) is 0 Å². The van der Waals surface area contributed by atoms with Gasteiger partial charge in [0.2, 0.25) is 0 Å². The summed E-state index contributed by atoms with van der Waals surface area (Å²) >= 11 is 0. The molecule has 0 spiro atoms. The van der Waals surface area contributed by atoms with Gasteiger partial charge in [0.1, 0.15) is 0 Å². The van der Waals surface area contributed by atoms with Crippen molar-refractivity contribution < 1.29 is 4.74 Å². The number of nitrogens with zero attached hydrogens (tertiary/aromatic N) is 1. The van der Waals surface area contributed by atoms with Crippen LogP contribution in [0.25, 0.3) is 0 Å². The Bertz CT molecular complexity index is 319. The van der Waals surface area contributed by atoms with Gasteiger partial charge in [-0.15, -0.1) is 0 Å². The third kappa shape index (κ3) is 4.10. The van der Waals surface area contributed by atoms with Gasteiger partial charge in [-0.05, 0) is 31.0 Å².